The molecule has 2 atom stereocenters. The Morgan fingerprint density at radius 3 is 2.42 bits per heavy atom. The highest BCUT2D eigenvalue weighted by atomic mass is 16.1. The molecule has 0 aliphatic heterocycles. The van der Waals surface area contributed by atoms with Crippen molar-refractivity contribution in [1.29, 1.82) is 0 Å². The van der Waals surface area contributed by atoms with E-state index >= 15 is 0 Å². The first-order valence-corrected chi connectivity index (χ1v) is 9.15. The Balaban J connectivity index is 1.30. The highest BCUT2D eigenvalue weighted by molar-refractivity contribution is 6.04. The molecule has 1 aliphatic rings. The van der Waals surface area contributed by atoms with Crippen molar-refractivity contribution in [3.8, 4) is 0 Å². The molecular formula is C23H22N2O. The van der Waals surface area contributed by atoms with E-state index in [0.717, 1.165) is 18.0 Å². The molecule has 130 valence electrons. The molecule has 0 radical (unpaired) electrons. The minimum Gasteiger partial charge on any atom is -0.322 e. The number of anilines is 1. The first-order chi connectivity index (χ1) is 12.8. The molecule has 1 saturated carbocycles. The van der Waals surface area contributed by atoms with Gasteiger partial charge in [0.05, 0.1) is 0 Å². The van der Waals surface area contributed by atoms with Crippen molar-refractivity contribution in [3.63, 3.8) is 0 Å². The molecule has 3 aromatic rings. The molecule has 1 aromatic heterocycles. The van der Waals surface area contributed by atoms with E-state index in [4.69, 9.17) is 0 Å². The van der Waals surface area contributed by atoms with Gasteiger partial charge in [-0.1, -0.05) is 42.5 Å². The van der Waals surface area contributed by atoms with Crippen LogP contribution in [0, 0.1) is 5.92 Å². The lowest BCUT2D eigenvalue weighted by atomic mass is 10.0. The summed E-state index contributed by atoms with van der Waals surface area (Å²) in [6.07, 6.45) is 6.92. The fourth-order valence-corrected chi connectivity index (χ4v) is 3.49. The zero-order valence-corrected chi connectivity index (χ0v) is 14.6. The van der Waals surface area contributed by atoms with Crippen LogP contribution in [0.1, 0.15) is 40.2 Å². The van der Waals surface area contributed by atoms with Crippen molar-refractivity contribution in [2.45, 2.75) is 25.2 Å². The summed E-state index contributed by atoms with van der Waals surface area (Å²) < 4.78 is 0. The Morgan fingerprint density at radius 1 is 0.962 bits per heavy atom. The van der Waals surface area contributed by atoms with Gasteiger partial charge >= 0.3 is 0 Å². The SMILES string of the molecule is O=C(Nc1ccc(C2CC2CCc2ccccc2)cc1)c1ccncc1. The van der Waals surface area contributed by atoms with Crippen LogP contribution in [-0.2, 0) is 6.42 Å². The average Bonchev–Trinajstić information content (AvgIpc) is 3.48. The molecule has 2 unspecified atom stereocenters. The molecule has 1 aliphatic carbocycles. The van der Waals surface area contributed by atoms with Crippen molar-refractivity contribution >= 4 is 11.6 Å². The van der Waals surface area contributed by atoms with Crippen LogP contribution in [0.4, 0.5) is 5.69 Å². The molecule has 1 N–H and O–H groups in total. The lowest BCUT2D eigenvalue weighted by molar-refractivity contribution is 0.102. The van der Waals surface area contributed by atoms with Crippen LogP contribution in [0.3, 0.4) is 0 Å². The molecule has 1 amide bonds. The average molecular weight is 342 g/mol. The van der Waals surface area contributed by atoms with E-state index in [1.807, 2.05) is 12.1 Å². The minimum atomic E-state index is -0.104. The number of nitrogens with zero attached hydrogens (tertiary/aromatic N) is 1. The van der Waals surface area contributed by atoms with Crippen LogP contribution in [0.5, 0.6) is 0 Å². The summed E-state index contributed by atoms with van der Waals surface area (Å²) in [5.41, 5.74) is 4.25. The van der Waals surface area contributed by atoms with Gasteiger partial charge in [0.2, 0.25) is 0 Å². The summed E-state index contributed by atoms with van der Waals surface area (Å²) >= 11 is 0. The van der Waals surface area contributed by atoms with Gasteiger partial charge in [0.15, 0.2) is 0 Å². The third kappa shape index (κ3) is 3.99. The zero-order valence-electron chi connectivity index (χ0n) is 14.6. The normalized spacial score (nSPS) is 18.3. The van der Waals surface area contributed by atoms with Gasteiger partial charge in [-0.2, -0.15) is 0 Å². The maximum atomic E-state index is 12.2. The second-order valence-electron chi connectivity index (χ2n) is 6.94. The number of benzene rings is 2. The van der Waals surface area contributed by atoms with Gasteiger partial charge in [0.25, 0.3) is 5.91 Å². The van der Waals surface area contributed by atoms with E-state index < -0.39 is 0 Å². The van der Waals surface area contributed by atoms with Crippen LogP contribution in [-0.4, -0.2) is 10.9 Å². The first kappa shape index (κ1) is 16.5. The molecule has 2 aromatic carbocycles. The number of amides is 1. The fraction of sp³-hybridized carbons (Fsp3) is 0.217. The first-order valence-electron chi connectivity index (χ1n) is 9.15. The van der Waals surface area contributed by atoms with Crippen molar-refractivity contribution in [3.05, 3.63) is 95.8 Å². The smallest absolute Gasteiger partial charge is 0.255 e. The van der Waals surface area contributed by atoms with E-state index in [1.54, 1.807) is 24.5 Å². The van der Waals surface area contributed by atoms with Gasteiger partial charge in [-0.15, -0.1) is 0 Å². The Labute approximate surface area is 154 Å². The number of carbonyl (C=O) groups is 1. The second kappa shape index (κ2) is 7.52. The van der Waals surface area contributed by atoms with Gasteiger partial charge in [0, 0.05) is 23.6 Å². The number of carbonyl (C=O) groups excluding carboxylic acids is 1. The quantitative estimate of drug-likeness (QED) is 0.679. The number of nitrogens with one attached hydrogen (secondary N) is 1. The van der Waals surface area contributed by atoms with Crippen LogP contribution >= 0.6 is 0 Å². The molecule has 1 heterocycles. The third-order valence-corrected chi connectivity index (χ3v) is 5.11. The van der Waals surface area contributed by atoms with E-state index in [1.165, 1.54) is 24.0 Å². The van der Waals surface area contributed by atoms with Crippen LogP contribution < -0.4 is 5.32 Å². The molecule has 0 spiro atoms. The van der Waals surface area contributed by atoms with Gasteiger partial charge in [-0.25, -0.2) is 0 Å². The van der Waals surface area contributed by atoms with Crippen molar-refractivity contribution in [2.75, 3.05) is 5.32 Å². The summed E-state index contributed by atoms with van der Waals surface area (Å²) in [4.78, 5) is 16.1. The highest BCUT2D eigenvalue weighted by Gasteiger charge is 2.37. The van der Waals surface area contributed by atoms with Crippen molar-refractivity contribution < 1.29 is 4.79 Å². The maximum Gasteiger partial charge on any atom is 0.255 e. The van der Waals surface area contributed by atoms with Crippen molar-refractivity contribution in [1.82, 2.24) is 4.98 Å². The lowest BCUT2D eigenvalue weighted by Crippen LogP contribution is -2.11. The van der Waals surface area contributed by atoms with Crippen LogP contribution in [0.25, 0.3) is 0 Å². The lowest BCUT2D eigenvalue weighted by Gasteiger charge is -2.07. The Kier molecular flexibility index (Phi) is 4.78. The summed E-state index contributed by atoms with van der Waals surface area (Å²) in [6, 6.07) is 22.4. The summed E-state index contributed by atoms with van der Waals surface area (Å²) in [5.74, 6) is 1.35. The van der Waals surface area contributed by atoms with Gasteiger partial charge < -0.3 is 5.32 Å². The number of hydrogen-bond acceptors (Lipinski definition) is 2. The molecular weight excluding hydrogens is 320 g/mol. The fourth-order valence-electron chi connectivity index (χ4n) is 3.49. The molecule has 3 heteroatoms. The van der Waals surface area contributed by atoms with Crippen LogP contribution in [0.15, 0.2) is 79.1 Å². The number of pyridine rings is 1. The van der Waals surface area contributed by atoms with Crippen LogP contribution in [0.2, 0.25) is 0 Å². The van der Waals surface area contributed by atoms with E-state index in [0.29, 0.717) is 11.5 Å². The number of aromatic nitrogens is 1. The standard InChI is InChI=1S/C23H22N2O/c26-23(19-12-14-24-15-13-19)25-21-10-8-18(9-11-21)22-16-20(22)7-6-17-4-2-1-3-5-17/h1-5,8-15,20,22H,6-7,16H2,(H,25,26). The number of rotatable bonds is 6. The topological polar surface area (TPSA) is 42.0 Å². The number of hydrogen-bond donors (Lipinski definition) is 1. The summed E-state index contributed by atoms with van der Waals surface area (Å²) in [5, 5.41) is 2.94. The van der Waals surface area contributed by atoms with Gasteiger partial charge in [-0.3, -0.25) is 9.78 Å². The number of aryl methyl sites for hydroxylation is 1. The van der Waals surface area contributed by atoms with E-state index in [9.17, 15) is 4.79 Å². The molecule has 0 saturated heterocycles. The highest BCUT2D eigenvalue weighted by Crippen LogP contribution is 2.50. The van der Waals surface area contributed by atoms with Crippen molar-refractivity contribution in [2.24, 2.45) is 5.92 Å². The second-order valence-corrected chi connectivity index (χ2v) is 6.94. The Hall–Kier alpha value is -2.94. The van der Waals surface area contributed by atoms with E-state index in [2.05, 4.69) is 52.8 Å². The third-order valence-electron chi connectivity index (χ3n) is 5.11. The maximum absolute atomic E-state index is 12.2. The monoisotopic (exact) mass is 342 g/mol. The predicted molar refractivity (Wildman–Crippen MR) is 104 cm³/mol. The summed E-state index contributed by atoms with van der Waals surface area (Å²) in [7, 11) is 0. The molecule has 3 nitrogen and oxygen atoms in total. The molecule has 0 bridgehead atoms. The van der Waals surface area contributed by atoms with Gasteiger partial charge in [-0.05, 0) is 66.5 Å². The predicted octanol–water partition coefficient (Wildman–Crippen LogP) is 5.07. The van der Waals surface area contributed by atoms with E-state index in [-0.39, 0.29) is 5.91 Å². The van der Waals surface area contributed by atoms with Gasteiger partial charge in [0.1, 0.15) is 0 Å². The Bertz CT molecular complexity index is 860. The molecule has 1 fully saturated rings. The largest absolute Gasteiger partial charge is 0.322 e. The summed E-state index contributed by atoms with van der Waals surface area (Å²) in [6.45, 7) is 0. The molecule has 26 heavy (non-hydrogen) atoms. The molecule has 4 rings (SSSR count). The minimum absolute atomic E-state index is 0.104. The Morgan fingerprint density at radius 2 is 1.69 bits per heavy atom. The zero-order chi connectivity index (χ0) is 17.8.